The van der Waals surface area contributed by atoms with E-state index in [4.69, 9.17) is 0 Å². The summed E-state index contributed by atoms with van der Waals surface area (Å²) in [6, 6.07) is 38.2. The Morgan fingerprint density at radius 3 is 1.78 bits per heavy atom. The number of hydrogen-bond acceptors (Lipinski definition) is 3. The molecule has 1 aliphatic rings. The minimum Gasteiger partial charge on any atom is -0.380 e. The van der Waals surface area contributed by atoms with Crippen LogP contribution in [0.4, 0.5) is 5.69 Å². The second-order valence-corrected chi connectivity index (χ2v) is 9.02. The quantitative estimate of drug-likeness (QED) is 0.275. The second kappa shape index (κ2) is 9.16. The molecule has 0 spiro atoms. The highest BCUT2D eigenvalue weighted by atomic mass is 16.2. The fourth-order valence-electron chi connectivity index (χ4n) is 4.76. The van der Waals surface area contributed by atoms with E-state index in [1.54, 1.807) is 24.3 Å². The van der Waals surface area contributed by atoms with Crippen LogP contribution in [0.1, 0.15) is 31.8 Å². The largest absolute Gasteiger partial charge is 0.380 e. The van der Waals surface area contributed by atoms with E-state index in [1.807, 2.05) is 24.3 Å². The fraction of sp³-hybridized carbons (Fsp3) is 0.0625. The van der Waals surface area contributed by atoms with Gasteiger partial charge >= 0.3 is 0 Å². The van der Waals surface area contributed by atoms with Gasteiger partial charge in [0.1, 0.15) is 0 Å². The average Bonchev–Trinajstić information content (AvgIpc) is 3.17. The molecule has 0 fully saturated rings. The zero-order valence-corrected chi connectivity index (χ0v) is 19.6. The lowest BCUT2D eigenvalue weighted by Crippen LogP contribution is -2.29. The molecule has 0 saturated carbocycles. The van der Waals surface area contributed by atoms with Gasteiger partial charge in [0.05, 0.1) is 17.7 Å². The molecule has 1 N–H and O–H groups in total. The molecule has 6 rings (SSSR count). The van der Waals surface area contributed by atoms with Gasteiger partial charge in [-0.25, -0.2) is 0 Å². The van der Waals surface area contributed by atoms with Crippen molar-refractivity contribution in [2.75, 3.05) is 5.32 Å². The summed E-state index contributed by atoms with van der Waals surface area (Å²) >= 11 is 0. The second-order valence-electron chi connectivity index (χ2n) is 9.02. The molecule has 4 nitrogen and oxygen atoms in total. The number of fused-ring (bicyclic) bond motifs is 2. The van der Waals surface area contributed by atoms with Crippen LogP contribution in [0.25, 0.3) is 21.9 Å². The van der Waals surface area contributed by atoms with Crippen LogP contribution in [0, 0.1) is 0 Å². The van der Waals surface area contributed by atoms with Crippen LogP contribution < -0.4 is 5.32 Å². The van der Waals surface area contributed by atoms with E-state index < -0.39 is 0 Å². The summed E-state index contributed by atoms with van der Waals surface area (Å²) in [6.45, 7) is 1.01. The van der Waals surface area contributed by atoms with Crippen LogP contribution in [0.3, 0.4) is 0 Å². The van der Waals surface area contributed by atoms with Crippen molar-refractivity contribution in [1.29, 1.82) is 0 Å². The van der Waals surface area contributed by atoms with Gasteiger partial charge in [-0.15, -0.1) is 0 Å². The summed E-state index contributed by atoms with van der Waals surface area (Å²) in [5.41, 5.74) is 6.43. The van der Waals surface area contributed by atoms with E-state index >= 15 is 0 Å². The highest BCUT2D eigenvalue weighted by Crippen LogP contribution is 2.27. The number of nitrogens with one attached hydrogen (secondary N) is 1. The third-order valence-corrected chi connectivity index (χ3v) is 6.73. The van der Waals surface area contributed by atoms with Crippen LogP contribution in [-0.4, -0.2) is 16.7 Å². The van der Waals surface area contributed by atoms with Crippen LogP contribution in [0.5, 0.6) is 0 Å². The molecule has 174 valence electrons. The first-order valence-electron chi connectivity index (χ1n) is 12.0. The summed E-state index contributed by atoms with van der Waals surface area (Å²) in [6.07, 6.45) is 0. The zero-order chi connectivity index (χ0) is 24.5. The molecule has 0 aromatic heterocycles. The first kappa shape index (κ1) is 21.8. The van der Waals surface area contributed by atoms with Gasteiger partial charge < -0.3 is 5.32 Å². The Morgan fingerprint density at radius 2 is 1.11 bits per heavy atom. The first-order valence-corrected chi connectivity index (χ1v) is 12.0. The van der Waals surface area contributed by atoms with E-state index in [1.165, 1.54) is 21.2 Å². The number of rotatable bonds is 6. The van der Waals surface area contributed by atoms with Crippen molar-refractivity contribution in [1.82, 2.24) is 4.90 Å². The molecule has 0 radical (unpaired) electrons. The fourth-order valence-corrected chi connectivity index (χ4v) is 4.76. The molecule has 0 atom stereocenters. The number of amides is 2. The van der Waals surface area contributed by atoms with Gasteiger partial charge in [-0.1, -0.05) is 97.1 Å². The lowest BCUT2D eigenvalue weighted by atomic mass is 10.0. The molecule has 36 heavy (non-hydrogen) atoms. The molecular weight excluding hydrogens is 444 g/mol. The van der Waals surface area contributed by atoms with Crippen molar-refractivity contribution in [3.8, 4) is 11.1 Å². The lowest BCUT2D eigenvalue weighted by molar-refractivity contribution is 0.0642. The van der Waals surface area contributed by atoms with E-state index in [0.29, 0.717) is 11.1 Å². The van der Waals surface area contributed by atoms with Gasteiger partial charge in [0.2, 0.25) is 0 Å². The van der Waals surface area contributed by atoms with Gasteiger partial charge in [-0.05, 0) is 45.8 Å². The molecule has 2 amide bonds. The van der Waals surface area contributed by atoms with Gasteiger partial charge in [-0.3, -0.25) is 14.5 Å². The Balaban J connectivity index is 1.12. The summed E-state index contributed by atoms with van der Waals surface area (Å²) in [4.78, 5) is 26.6. The van der Waals surface area contributed by atoms with E-state index in [0.717, 1.165) is 28.9 Å². The number of carbonyl (C=O) groups excluding carboxylic acids is 2. The molecule has 5 aromatic carbocycles. The number of anilines is 1. The van der Waals surface area contributed by atoms with Gasteiger partial charge in [-0.2, -0.15) is 0 Å². The molecule has 4 heteroatoms. The molecule has 5 aromatic rings. The molecule has 0 unspecified atom stereocenters. The molecule has 0 saturated heterocycles. The summed E-state index contributed by atoms with van der Waals surface area (Å²) < 4.78 is 0. The van der Waals surface area contributed by atoms with Crippen LogP contribution >= 0.6 is 0 Å². The van der Waals surface area contributed by atoms with Gasteiger partial charge in [0.25, 0.3) is 11.8 Å². The highest BCUT2D eigenvalue weighted by molar-refractivity contribution is 6.21. The van der Waals surface area contributed by atoms with Crippen molar-refractivity contribution in [2.45, 2.75) is 13.1 Å². The molecule has 0 aliphatic carbocycles. The predicted octanol–water partition coefficient (Wildman–Crippen LogP) is 6.92. The normalized spacial score (nSPS) is 12.7. The Hall–Kier alpha value is -4.70. The zero-order valence-electron chi connectivity index (χ0n) is 19.6. The Bertz CT molecular complexity index is 1550. The molecular formula is C32H24N2O2. The Kier molecular flexibility index (Phi) is 5.55. The van der Waals surface area contributed by atoms with Crippen molar-refractivity contribution in [3.63, 3.8) is 0 Å². The lowest BCUT2D eigenvalue weighted by Gasteiger charge is -2.14. The number of hydrogen-bond donors (Lipinski definition) is 1. The van der Waals surface area contributed by atoms with E-state index in [-0.39, 0.29) is 18.4 Å². The standard InChI is InChI=1S/C32H24N2O2/c35-31-28-9-3-4-10-29(28)32(36)34(31)21-23-14-18-25(19-15-23)24-16-12-22(13-17-24)20-33-30-11-5-7-26-6-1-2-8-27(26)30/h1-19,33H,20-21H2. The van der Waals surface area contributed by atoms with Crippen molar-refractivity contribution < 1.29 is 9.59 Å². The van der Waals surface area contributed by atoms with Crippen molar-refractivity contribution >= 4 is 28.3 Å². The summed E-state index contributed by atoms with van der Waals surface area (Å²) in [5.74, 6) is -0.459. The minimum atomic E-state index is -0.229. The maximum Gasteiger partial charge on any atom is 0.261 e. The minimum absolute atomic E-state index is 0.229. The molecule has 1 heterocycles. The number of benzene rings is 5. The van der Waals surface area contributed by atoms with Crippen molar-refractivity contribution in [3.05, 3.63) is 138 Å². The predicted molar refractivity (Wildman–Crippen MR) is 144 cm³/mol. The van der Waals surface area contributed by atoms with Gasteiger partial charge in [0.15, 0.2) is 0 Å². The first-order chi connectivity index (χ1) is 17.7. The van der Waals surface area contributed by atoms with Gasteiger partial charge in [0, 0.05) is 17.6 Å². The molecule has 1 aliphatic heterocycles. The number of carbonyl (C=O) groups is 2. The molecule has 0 bridgehead atoms. The Labute approximate surface area is 209 Å². The van der Waals surface area contributed by atoms with Crippen LogP contribution in [0.2, 0.25) is 0 Å². The van der Waals surface area contributed by atoms with E-state index in [9.17, 15) is 9.59 Å². The third-order valence-electron chi connectivity index (χ3n) is 6.73. The van der Waals surface area contributed by atoms with E-state index in [2.05, 4.69) is 72.0 Å². The average molecular weight is 469 g/mol. The van der Waals surface area contributed by atoms with Crippen LogP contribution in [-0.2, 0) is 13.1 Å². The van der Waals surface area contributed by atoms with Crippen LogP contribution in [0.15, 0.2) is 115 Å². The summed E-state index contributed by atoms with van der Waals surface area (Å²) in [5, 5.41) is 6.01. The smallest absolute Gasteiger partial charge is 0.261 e. The number of imide groups is 1. The maximum atomic E-state index is 12.6. The SMILES string of the molecule is O=C1c2ccccc2C(=O)N1Cc1ccc(-c2ccc(CNc3cccc4ccccc34)cc2)cc1. The Morgan fingerprint density at radius 1 is 0.556 bits per heavy atom. The highest BCUT2D eigenvalue weighted by Gasteiger charge is 2.34. The topological polar surface area (TPSA) is 49.4 Å². The maximum absolute atomic E-state index is 12.6. The monoisotopic (exact) mass is 468 g/mol. The summed E-state index contributed by atoms with van der Waals surface area (Å²) in [7, 11) is 0. The third kappa shape index (κ3) is 4.03. The van der Waals surface area contributed by atoms with Crippen molar-refractivity contribution in [2.24, 2.45) is 0 Å². The number of nitrogens with zero attached hydrogens (tertiary/aromatic N) is 1.